The van der Waals surface area contributed by atoms with Crippen LogP contribution < -0.4 is 10.1 Å². The van der Waals surface area contributed by atoms with E-state index in [1.54, 1.807) is 31.6 Å². The highest BCUT2D eigenvalue weighted by Gasteiger charge is 2.28. The van der Waals surface area contributed by atoms with Gasteiger partial charge in [-0.2, -0.15) is 0 Å². The number of nitrogens with one attached hydrogen (secondary N) is 1. The number of carbonyl (C=O) groups excluding carboxylic acids is 1. The average molecular weight is 344 g/mol. The highest BCUT2D eigenvalue weighted by atomic mass is 19.1. The molecule has 1 atom stereocenters. The number of hydrogen-bond acceptors (Lipinski definition) is 5. The summed E-state index contributed by atoms with van der Waals surface area (Å²) in [6, 6.07) is 5.92. The second kappa shape index (κ2) is 8.02. The number of carbonyl (C=O) groups is 1. The number of halogens is 1. The monoisotopic (exact) mass is 344 g/mol. The van der Waals surface area contributed by atoms with Gasteiger partial charge in [-0.15, -0.1) is 0 Å². The first-order valence-electron chi connectivity index (χ1n) is 8.34. The van der Waals surface area contributed by atoms with Gasteiger partial charge in [0.15, 0.2) is 0 Å². The highest BCUT2D eigenvalue weighted by molar-refractivity contribution is 5.78. The molecular formula is C18H21FN4O2. The molecule has 1 aliphatic rings. The van der Waals surface area contributed by atoms with Gasteiger partial charge in [-0.1, -0.05) is 6.07 Å². The summed E-state index contributed by atoms with van der Waals surface area (Å²) in [7, 11) is 1.76. The molecule has 0 radical (unpaired) electrons. The fourth-order valence-corrected chi connectivity index (χ4v) is 3.03. The number of ether oxygens (including phenoxy) is 1. The van der Waals surface area contributed by atoms with Gasteiger partial charge in [-0.25, -0.2) is 9.37 Å². The average Bonchev–Trinajstić information content (AvgIpc) is 2.62. The Morgan fingerprint density at radius 2 is 2.24 bits per heavy atom. The predicted molar refractivity (Wildman–Crippen MR) is 91.0 cm³/mol. The maximum Gasteiger partial charge on any atom is 0.241 e. The molecule has 0 aliphatic carbocycles. The highest BCUT2D eigenvalue weighted by Crippen LogP contribution is 2.32. The van der Waals surface area contributed by atoms with Crippen molar-refractivity contribution in [3.8, 4) is 11.6 Å². The van der Waals surface area contributed by atoms with E-state index in [9.17, 15) is 9.18 Å². The number of likely N-dealkylation sites (tertiary alicyclic amines) is 1. The lowest BCUT2D eigenvalue weighted by Gasteiger charge is -2.32. The quantitative estimate of drug-likeness (QED) is 0.902. The van der Waals surface area contributed by atoms with Crippen LogP contribution in [0.2, 0.25) is 0 Å². The van der Waals surface area contributed by atoms with Gasteiger partial charge in [-0.3, -0.25) is 9.78 Å². The minimum Gasteiger partial charge on any atom is -0.437 e. The van der Waals surface area contributed by atoms with E-state index in [-0.39, 0.29) is 17.6 Å². The van der Waals surface area contributed by atoms with Gasteiger partial charge in [0.1, 0.15) is 17.3 Å². The Labute approximate surface area is 146 Å². The molecule has 0 spiro atoms. The second-order valence-corrected chi connectivity index (χ2v) is 6.02. The molecule has 2 heterocycles. The summed E-state index contributed by atoms with van der Waals surface area (Å²) in [6.07, 6.45) is 4.96. The molecule has 1 aromatic carbocycles. The van der Waals surface area contributed by atoms with Crippen molar-refractivity contribution in [3.63, 3.8) is 0 Å². The Morgan fingerprint density at radius 1 is 1.40 bits per heavy atom. The lowest BCUT2D eigenvalue weighted by Crippen LogP contribution is -2.43. The number of amides is 1. The largest absolute Gasteiger partial charge is 0.437 e. The SMILES string of the molecule is CNCC(=O)N1CCCC(c2nccnc2Oc2cccc(F)c2)C1. The Hall–Kier alpha value is -2.54. The van der Waals surface area contributed by atoms with E-state index in [1.165, 1.54) is 12.1 Å². The Kier molecular flexibility index (Phi) is 5.55. The first kappa shape index (κ1) is 17.3. The van der Waals surface area contributed by atoms with E-state index in [1.807, 2.05) is 4.90 Å². The van der Waals surface area contributed by atoms with E-state index in [4.69, 9.17) is 4.74 Å². The van der Waals surface area contributed by atoms with Crippen LogP contribution in [-0.4, -0.2) is 47.5 Å². The van der Waals surface area contributed by atoms with Crippen LogP contribution in [0.25, 0.3) is 0 Å². The first-order valence-corrected chi connectivity index (χ1v) is 8.34. The molecule has 1 amide bonds. The van der Waals surface area contributed by atoms with Gasteiger partial charge in [0, 0.05) is 37.5 Å². The molecule has 132 valence electrons. The zero-order valence-electron chi connectivity index (χ0n) is 14.1. The Bertz CT molecular complexity index is 741. The molecule has 1 aromatic heterocycles. The summed E-state index contributed by atoms with van der Waals surface area (Å²) in [5, 5.41) is 2.89. The van der Waals surface area contributed by atoms with E-state index in [2.05, 4.69) is 15.3 Å². The van der Waals surface area contributed by atoms with Crippen LogP contribution in [0.4, 0.5) is 4.39 Å². The maximum atomic E-state index is 13.4. The summed E-state index contributed by atoms with van der Waals surface area (Å²) in [5.74, 6) is 0.488. The molecule has 1 fully saturated rings. The zero-order valence-corrected chi connectivity index (χ0v) is 14.1. The number of benzene rings is 1. The third-order valence-electron chi connectivity index (χ3n) is 4.19. The van der Waals surface area contributed by atoms with Crippen LogP contribution in [-0.2, 0) is 4.79 Å². The minimum atomic E-state index is -0.371. The number of piperidine rings is 1. The lowest BCUT2D eigenvalue weighted by atomic mass is 9.94. The summed E-state index contributed by atoms with van der Waals surface area (Å²) >= 11 is 0. The molecule has 3 rings (SSSR count). The topological polar surface area (TPSA) is 67.4 Å². The van der Waals surface area contributed by atoms with Crippen LogP contribution in [0.5, 0.6) is 11.6 Å². The van der Waals surface area contributed by atoms with E-state index >= 15 is 0 Å². The standard InChI is InChI=1S/C18H21FN4O2/c1-20-11-16(24)23-9-3-4-13(12-23)17-18(22-8-7-21-17)25-15-6-2-5-14(19)10-15/h2,5-8,10,13,20H,3-4,9,11-12H2,1H3. The van der Waals surface area contributed by atoms with Gasteiger partial charge in [0.05, 0.1) is 6.54 Å². The summed E-state index contributed by atoms with van der Waals surface area (Å²) < 4.78 is 19.1. The third-order valence-corrected chi connectivity index (χ3v) is 4.19. The van der Waals surface area contributed by atoms with Gasteiger partial charge in [0.2, 0.25) is 11.8 Å². The first-order chi connectivity index (χ1) is 12.2. The van der Waals surface area contributed by atoms with Crippen molar-refractivity contribution in [1.82, 2.24) is 20.2 Å². The molecule has 25 heavy (non-hydrogen) atoms. The number of nitrogens with zero attached hydrogens (tertiary/aromatic N) is 3. The maximum absolute atomic E-state index is 13.4. The predicted octanol–water partition coefficient (Wildman–Crippen LogP) is 2.33. The second-order valence-electron chi connectivity index (χ2n) is 6.02. The van der Waals surface area contributed by atoms with Gasteiger partial charge < -0.3 is 15.0 Å². The van der Waals surface area contributed by atoms with Crippen LogP contribution in [0, 0.1) is 5.82 Å². The van der Waals surface area contributed by atoms with Crippen LogP contribution >= 0.6 is 0 Å². The summed E-state index contributed by atoms with van der Waals surface area (Å²) in [6.45, 7) is 1.65. The van der Waals surface area contributed by atoms with Crippen molar-refractivity contribution in [2.75, 3.05) is 26.7 Å². The number of aromatic nitrogens is 2. The Morgan fingerprint density at radius 3 is 3.04 bits per heavy atom. The van der Waals surface area contributed by atoms with Crippen molar-refractivity contribution >= 4 is 5.91 Å². The van der Waals surface area contributed by atoms with E-state index in [0.29, 0.717) is 30.4 Å². The van der Waals surface area contributed by atoms with Crippen molar-refractivity contribution in [3.05, 3.63) is 48.2 Å². The zero-order chi connectivity index (χ0) is 17.6. The molecule has 0 bridgehead atoms. The van der Waals surface area contributed by atoms with Crippen molar-refractivity contribution in [2.45, 2.75) is 18.8 Å². The van der Waals surface area contributed by atoms with Crippen LogP contribution in [0.15, 0.2) is 36.7 Å². The molecular weight excluding hydrogens is 323 g/mol. The molecule has 2 aromatic rings. The van der Waals surface area contributed by atoms with Crippen LogP contribution in [0.3, 0.4) is 0 Å². The molecule has 7 heteroatoms. The molecule has 6 nitrogen and oxygen atoms in total. The molecule has 0 saturated carbocycles. The van der Waals surface area contributed by atoms with Gasteiger partial charge >= 0.3 is 0 Å². The number of rotatable bonds is 5. The lowest BCUT2D eigenvalue weighted by molar-refractivity contribution is -0.131. The molecule has 1 unspecified atom stereocenters. The van der Waals surface area contributed by atoms with E-state index < -0.39 is 0 Å². The van der Waals surface area contributed by atoms with Crippen molar-refractivity contribution in [2.24, 2.45) is 0 Å². The van der Waals surface area contributed by atoms with E-state index in [0.717, 1.165) is 19.4 Å². The molecule has 1 saturated heterocycles. The fourth-order valence-electron chi connectivity index (χ4n) is 3.03. The van der Waals surface area contributed by atoms with Crippen LogP contribution in [0.1, 0.15) is 24.5 Å². The molecule has 1 N–H and O–H groups in total. The summed E-state index contributed by atoms with van der Waals surface area (Å²) in [5.41, 5.74) is 0.703. The number of likely N-dealkylation sites (N-methyl/N-ethyl adjacent to an activating group) is 1. The van der Waals surface area contributed by atoms with Crippen molar-refractivity contribution in [1.29, 1.82) is 0 Å². The van der Waals surface area contributed by atoms with Gasteiger partial charge in [-0.05, 0) is 32.0 Å². The Balaban J connectivity index is 1.79. The minimum absolute atomic E-state index is 0.0480. The fraction of sp³-hybridized carbons (Fsp3) is 0.389. The summed E-state index contributed by atoms with van der Waals surface area (Å²) in [4.78, 5) is 22.7. The molecule has 1 aliphatic heterocycles. The van der Waals surface area contributed by atoms with Gasteiger partial charge in [0.25, 0.3) is 0 Å². The third kappa shape index (κ3) is 4.30. The normalized spacial score (nSPS) is 17.4. The smallest absolute Gasteiger partial charge is 0.241 e. The number of hydrogen-bond donors (Lipinski definition) is 1. The van der Waals surface area contributed by atoms with Crippen molar-refractivity contribution < 1.29 is 13.9 Å².